The predicted molar refractivity (Wildman–Crippen MR) is 128 cm³/mol. The summed E-state index contributed by atoms with van der Waals surface area (Å²) in [6.45, 7) is 5.08. The Morgan fingerprint density at radius 3 is 2.36 bits per heavy atom. The lowest BCUT2D eigenvalue weighted by Crippen LogP contribution is -2.47. The minimum absolute atomic E-state index is 0.173. The summed E-state index contributed by atoms with van der Waals surface area (Å²) in [5.74, 6) is 0.909. The van der Waals surface area contributed by atoms with Crippen LogP contribution in [0.4, 0.5) is 11.5 Å². The molecule has 1 saturated heterocycles. The third kappa shape index (κ3) is 4.84. The number of amides is 1. The van der Waals surface area contributed by atoms with Crippen molar-refractivity contribution in [2.45, 2.75) is 6.92 Å². The summed E-state index contributed by atoms with van der Waals surface area (Å²) in [5, 5.41) is 4.33. The van der Waals surface area contributed by atoms with E-state index in [1.807, 2.05) is 42.5 Å². The topological polar surface area (TPSA) is 84.0 Å². The van der Waals surface area contributed by atoms with Crippen LogP contribution in [0.3, 0.4) is 0 Å². The highest BCUT2D eigenvalue weighted by atomic mass is 16.5. The molecule has 0 unspecified atom stereocenters. The summed E-state index contributed by atoms with van der Waals surface area (Å²) < 4.78 is 10.4. The maximum absolute atomic E-state index is 12.7. The maximum Gasteiger partial charge on any atom is 0.325 e. The van der Waals surface area contributed by atoms with Crippen molar-refractivity contribution in [2.24, 2.45) is 0 Å². The zero-order valence-electron chi connectivity index (χ0n) is 18.9. The molecule has 33 heavy (non-hydrogen) atoms. The molecule has 3 aromatic rings. The molecule has 1 aromatic heterocycles. The number of carbonyl (C=O) groups is 2. The van der Waals surface area contributed by atoms with Crippen LogP contribution in [0.1, 0.15) is 17.3 Å². The number of para-hydroxylation sites is 2. The number of nitrogens with zero attached hydrogens (tertiary/aromatic N) is 3. The fraction of sp³-hybridized carbons (Fsp3) is 0.320. The van der Waals surface area contributed by atoms with Crippen LogP contribution in [-0.2, 0) is 9.53 Å². The Bertz CT molecular complexity index is 1140. The lowest BCUT2D eigenvalue weighted by Gasteiger charge is -2.37. The van der Waals surface area contributed by atoms with Gasteiger partial charge in [-0.2, -0.15) is 0 Å². The van der Waals surface area contributed by atoms with E-state index in [-0.39, 0.29) is 19.1 Å². The second-order valence-corrected chi connectivity index (χ2v) is 7.67. The molecule has 0 spiro atoms. The largest absolute Gasteiger partial charge is 0.495 e. The van der Waals surface area contributed by atoms with Gasteiger partial charge in [-0.15, -0.1) is 0 Å². The summed E-state index contributed by atoms with van der Waals surface area (Å²) in [5.41, 5.74) is 1.53. The number of anilines is 2. The van der Waals surface area contributed by atoms with Crippen LogP contribution >= 0.6 is 0 Å². The van der Waals surface area contributed by atoms with Gasteiger partial charge in [-0.05, 0) is 24.4 Å². The number of nitrogens with one attached hydrogen (secondary N) is 1. The van der Waals surface area contributed by atoms with E-state index < -0.39 is 5.97 Å². The average molecular weight is 449 g/mol. The quantitative estimate of drug-likeness (QED) is 0.557. The van der Waals surface area contributed by atoms with E-state index in [0.29, 0.717) is 5.56 Å². The van der Waals surface area contributed by atoms with Crippen molar-refractivity contribution in [1.29, 1.82) is 0 Å². The highest BCUT2D eigenvalue weighted by molar-refractivity contribution is 6.09. The molecule has 0 bridgehead atoms. The lowest BCUT2D eigenvalue weighted by atomic mass is 10.1. The Hall–Kier alpha value is -3.81. The van der Waals surface area contributed by atoms with E-state index in [2.05, 4.69) is 26.2 Å². The van der Waals surface area contributed by atoms with E-state index >= 15 is 0 Å². The molecule has 0 radical (unpaired) electrons. The Labute approximate surface area is 193 Å². The average Bonchev–Trinajstić information content (AvgIpc) is 2.87. The molecule has 2 heterocycles. The number of fused-ring (bicyclic) bond motifs is 1. The van der Waals surface area contributed by atoms with Gasteiger partial charge in [-0.1, -0.05) is 36.4 Å². The van der Waals surface area contributed by atoms with Crippen molar-refractivity contribution in [3.63, 3.8) is 0 Å². The first kappa shape index (κ1) is 22.4. The summed E-state index contributed by atoms with van der Waals surface area (Å²) in [4.78, 5) is 33.5. The predicted octanol–water partition coefficient (Wildman–Crippen LogP) is 2.86. The van der Waals surface area contributed by atoms with Gasteiger partial charge >= 0.3 is 5.97 Å². The van der Waals surface area contributed by atoms with Crippen molar-refractivity contribution < 1.29 is 19.1 Å². The molecule has 1 fully saturated rings. The number of pyridine rings is 1. The normalized spacial score (nSPS) is 13.6. The second kappa shape index (κ2) is 10.2. The first-order chi connectivity index (χ1) is 16.1. The third-order valence-electron chi connectivity index (χ3n) is 5.72. The molecular formula is C25H28N4O4. The van der Waals surface area contributed by atoms with Gasteiger partial charge in [0.05, 0.1) is 25.0 Å². The van der Waals surface area contributed by atoms with Gasteiger partial charge in [0.2, 0.25) is 0 Å². The van der Waals surface area contributed by atoms with Crippen molar-refractivity contribution in [2.75, 3.05) is 56.2 Å². The minimum Gasteiger partial charge on any atom is -0.495 e. The molecule has 1 amide bonds. The highest BCUT2D eigenvalue weighted by Crippen LogP contribution is 2.31. The van der Waals surface area contributed by atoms with E-state index in [4.69, 9.17) is 9.47 Å². The summed E-state index contributed by atoms with van der Waals surface area (Å²) >= 11 is 0. The summed E-state index contributed by atoms with van der Waals surface area (Å²) in [6, 6.07) is 15.8. The number of aromatic nitrogens is 1. The number of hydrogen-bond donors (Lipinski definition) is 1. The van der Waals surface area contributed by atoms with Gasteiger partial charge in [0.25, 0.3) is 5.91 Å². The maximum atomic E-state index is 12.7. The van der Waals surface area contributed by atoms with Crippen molar-refractivity contribution in [3.05, 3.63) is 60.3 Å². The Kier molecular flexibility index (Phi) is 6.92. The molecule has 8 nitrogen and oxygen atoms in total. The summed E-state index contributed by atoms with van der Waals surface area (Å²) in [7, 11) is 1.69. The number of piperazine rings is 1. The number of methoxy groups -OCH3 is 1. The summed E-state index contributed by atoms with van der Waals surface area (Å²) in [6.07, 6.45) is 1.59. The van der Waals surface area contributed by atoms with Gasteiger partial charge in [-0.25, -0.2) is 4.98 Å². The van der Waals surface area contributed by atoms with Gasteiger partial charge < -0.3 is 24.6 Å². The fourth-order valence-electron chi connectivity index (χ4n) is 4.12. The monoisotopic (exact) mass is 448 g/mol. The third-order valence-corrected chi connectivity index (χ3v) is 5.72. The van der Waals surface area contributed by atoms with Crippen LogP contribution in [0, 0.1) is 0 Å². The fourth-order valence-corrected chi connectivity index (χ4v) is 4.12. The Morgan fingerprint density at radius 2 is 1.64 bits per heavy atom. The van der Waals surface area contributed by atoms with Crippen LogP contribution in [0.5, 0.6) is 5.75 Å². The number of ether oxygens (including phenoxy) is 2. The number of carbonyl (C=O) groups excluding carboxylic acids is 2. The van der Waals surface area contributed by atoms with Crippen LogP contribution < -0.4 is 19.9 Å². The molecule has 4 rings (SSSR count). The molecule has 0 aliphatic carbocycles. The molecule has 2 aromatic carbocycles. The van der Waals surface area contributed by atoms with Gasteiger partial charge in [-0.3, -0.25) is 9.59 Å². The Balaban J connectivity index is 1.52. The second-order valence-electron chi connectivity index (χ2n) is 7.67. The van der Waals surface area contributed by atoms with Crippen LogP contribution in [0.15, 0.2) is 54.7 Å². The van der Waals surface area contributed by atoms with Crippen LogP contribution in [0.2, 0.25) is 0 Å². The van der Waals surface area contributed by atoms with Crippen LogP contribution in [-0.4, -0.2) is 63.3 Å². The molecule has 172 valence electrons. The molecular weight excluding hydrogens is 420 g/mol. The molecule has 1 aliphatic heterocycles. The SMILES string of the molecule is CCOC(=O)CNC(=O)c1cnc(N2CCN(c3ccccc3OC)CC2)c2ccccc12. The molecule has 1 aliphatic rings. The van der Waals surface area contributed by atoms with Gasteiger partial charge in [0.1, 0.15) is 18.1 Å². The minimum atomic E-state index is -0.465. The molecule has 0 saturated carbocycles. The first-order valence-electron chi connectivity index (χ1n) is 11.1. The van der Waals surface area contributed by atoms with Gasteiger partial charge in [0.15, 0.2) is 0 Å². The van der Waals surface area contributed by atoms with E-state index in [0.717, 1.165) is 54.2 Å². The van der Waals surface area contributed by atoms with Crippen LogP contribution in [0.25, 0.3) is 10.8 Å². The number of benzene rings is 2. The Morgan fingerprint density at radius 1 is 0.970 bits per heavy atom. The van der Waals surface area contributed by atoms with Gasteiger partial charge in [0, 0.05) is 37.8 Å². The zero-order chi connectivity index (χ0) is 23.2. The molecule has 8 heteroatoms. The first-order valence-corrected chi connectivity index (χ1v) is 11.1. The zero-order valence-corrected chi connectivity index (χ0v) is 18.9. The van der Waals surface area contributed by atoms with E-state index in [1.165, 1.54) is 0 Å². The van der Waals surface area contributed by atoms with E-state index in [1.54, 1.807) is 20.2 Å². The number of rotatable bonds is 7. The lowest BCUT2D eigenvalue weighted by molar-refractivity contribution is -0.141. The highest BCUT2D eigenvalue weighted by Gasteiger charge is 2.23. The molecule has 1 N–H and O–H groups in total. The van der Waals surface area contributed by atoms with Crippen molar-refractivity contribution in [1.82, 2.24) is 10.3 Å². The van der Waals surface area contributed by atoms with E-state index in [9.17, 15) is 9.59 Å². The number of esters is 1. The van der Waals surface area contributed by atoms with Crippen molar-refractivity contribution >= 4 is 34.2 Å². The number of hydrogen-bond acceptors (Lipinski definition) is 7. The standard InChI is InChI=1S/C25H28N4O4/c1-3-33-23(30)17-27-25(31)20-16-26-24(19-9-5-4-8-18(19)20)29-14-12-28(13-15-29)21-10-6-7-11-22(21)32-2/h4-11,16H,3,12-15,17H2,1-2H3,(H,27,31). The molecule has 0 atom stereocenters. The smallest absolute Gasteiger partial charge is 0.325 e. The van der Waals surface area contributed by atoms with Crippen molar-refractivity contribution in [3.8, 4) is 5.75 Å².